The maximum absolute atomic E-state index is 12.7. The van der Waals surface area contributed by atoms with E-state index in [9.17, 15) is 9.59 Å². The molecule has 1 aliphatic rings. The normalized spacial score (nSPS) is 19.7. The first-order valence-corrected chi connectivity index (χ1v) is 9.39. The highest BCUT2D eigenvalue weighted by Crippen LogP contribution is 2.26. The Hall–Kier alpha value is -2.25. The molecule has 3 rings (SSSR count). The van der Waals surface area contributed by atoms with Crippen LogP contribution in [-0.4, -0.2) is 52.7 Å². The second-order valence-corrected chi connectivity index (χ2v) is 7.44. The Bertz CT molecular complexity index is 787. The molecule has 6 nitrogen and oxygen atoms in total. The van der Waals surface area contributed by atoms with Gasteiger partial charge in [0.1, 0.15) is 5.01 Å². The molecule has 1 amide bonds. The van der Waals surface area contributed by atoms with Crippen molar-refractivity contribution in [1.82, 2.24) is 9.88 Å². The van der Waals surface area contributed by atoms with Gasteiger partial charge in [-0.1, -0.05) is 29.8 Å². The fraction of sp³-hybridized carbons (Fsp3) is 0.421. The Balaban J connectivity index is 1.69. The number of ether oxygens (including phenoxy) is 1. The molecule has 0 saturated carbocycles. The molecule has 1 aromatic heterocycles. The molecule has 0 bridgehead atoms. The van der Waals surface area contributed by atoms with Crippen molar-refractivity contribution in [3.8, 4) is 10.6 Å². The van der Waals surface area contributed by atoms with Crippen molar-refractivity contribution in [1.29, 1.82) is 0 Å². The number of methoxy groups -OCH3 is 1. The Morgan fingerprint density at radius 1 is 1.35 bits per heavy atom. The van der Waals surface area contributed by atoms with E-state index in [2.05, 4.69) is 4.98 Å². The van der Waals surface area contributed by atoms with Crippen LogP contribution in [0.15, 0.2) is 29.6 Å². The number of carboxylic acid groups (broad SMARTS) is 1. The van der Waals surface area contributed by atoms with Gasteiger partial charge in [0.15, 0.2) is 0 Å². The molecular formula is C19H22N2O4S. The Labute approximate surface area is 156 Å². The maximum Gasteiger partial charge on any atom is 0.305 e. The number of carbonyl (C=O) groups excluding carboxylic acids is 1. The van der Waals surface area contributed by atoms with Crippen LogP contribution in [0.1, 0.15) is 24.1 Å². The van der Waals surface area contributed by atoms with Crippen molar-refractivity contribution in [2.75, 3.05) is 13.7 Å². The maximum atomic E-state index is 12.7. The summed E-state index contributed by atoms with van der Waals surface area (Å²) in [4.78, 5) is 30.0. The van der Waals surface area contributed by atoms with Crippen molar-refractivity contribution in [2.45, 2.75) is 38.3 Å². The van der Waals surface area contributed by atoms with E-state index < -0.39 is 5.97 Å². The molecule has 2 atom stereocenters. The predicted molar refractivity (Wildman–Crippen MR) is 99.2 cm³/mol. The molecule has 1 saturated heterocycles. The van der Waals surface area contributed by atoms with Gasteiger partial charge >= 0.3 is 5.97 Å². The second kappa shape index (κ2) is 7.97. The van der Waals surface area contributed by atoms with Crippen LogP contribution in [0.25, 0.3) is 10.6 Å². The van der Waals surface area contributed by atoms with Crippen LogP contribution >= 0.6 is 11.3 Å². The zero-order valence-corrected chi connectivity index (χ0v) is 15.7. The van der Waals surface area contributed by atoms with Crippen molar-refractivity contribution in [3.05, 3.63) is 40.9 Å². The number of benzene rings is 1. The lowest BCUT2D eigenvalue weighted by Crippen LogP contribution is -2.38. The minimum Gasteiger partial charge on any atom is -0.481 e. The fourth-order valence-electron chi connectivity index (χ4n) is 3.22. The van der Waals surface area contributed by atoms with E-state index in [4.69, 9.17) is 9.84 Å². The summed E-state index contributed by atoms with van der Waals surface area (Å²) < 4.78 is 5.32. The van der Waals surface area contributed by atoms with E-state index in [0.717, 1.165) is 10.6 Å². The Morgan fingerprint density at radius 2 is 2.08 bits per heavy atom. The van der Waals surface area contributed by atoms with E-state index in [0.29, 0.717) is 18.7 Å². The lowest BCUT2D eigenvalue weighted by molar-refractivity contribution is -0.139. The van der Waals surface area contributed by atoms with Crippen LogP contribution < -0.4 is 0 Å². The predicted octanol–water partition coefficient (Wildman–Crippen LogP) is 2.75. The van der Waals surface area contributed by atoms with Gasteiger partial charge in [0.25, 0.3) is 0 Å². The number of rotatable bonds is 6. The van der Waals surface area contributed by atoms with Gasteiger partial charge in [0, 0.05) is 30.6 Å². The topological polar surface area (TPSA) is 79.7 Å². The number of aryl methyl sites for hydroxylation is 1. The van der Waals surface area contributed by atoms with Crippen LogP contribution in [0, 0.1) is 6.92 Å². The number of aromatic nitrogens is 1. The number of hydrogen-bond acceptors (Lipinski definition) is 5. The van der Waals surface area contributed by atoms with E-state index >= 15 is 0 Å². The summed E-state index contributed by atoms with van der Waals surface area (Å²) in [5, 5.41) is 11.9. The molecule has 138 valence electrons. The Morgan fingerprint density at radius 3 is 2.73 bits per heavy atom. The number of carboxylic acids is 1. The fourth-order valence-corrected chi connectivity index (χ4v) is 4.04. The molecule has 1 aliphatic heterocycles. The van der Waals surface area contributed by atoms with Crippen molar-refractivity contribution in [3.63, 3.8) is 0 Å². The summed E-state index contributed by atoms with van der Waals surface area (Å²) in [6.45, 7) is 2.47. The average Bonchev–Trinajstić information content (AvgIpc) is 3.22. The molecule has 1 fully saturated rings. The lowest BCUT2D eigenvalue weighted by Gasteiger charge is -2.22. The van der Waals surface area contributed by atoms with Crippen molar-refractivity contribution < 1.29 is 19.4 Å². The lowest BCUT2D eigenvalue weighted by atomic mass is 10.1. The monoisotopic (exact) mass is 374 g/mol. The van der Waals surface area contributed by atoms with Gasteiger partial charge in [-0.05, 0) is 13.3 Å². The first-order valence-electron chi connectivity index (χ1n) is 8.51. The summed E-state index contributed by atoms with van der Waals surface area (Å²) in [5.74, 6) is -1.00. The minimum absolute atomic E-state index is 0.0583. The molecule has 2 unspecified atom stereocenters. The molecule has 0 radical (unpaired) electrons. The number of aliphatic carboxylic acids is 1. The molecule has 2 heterocycles. The van der Waals surface area contributed by atoms with E-state index in [1.807, 2.05) is 36.6 Å². The van der Waals surface area contributed by atoms with Gasteiger partial charge < -0.3 is 14.7 Å². The second-order valence-electron chi connectivity index (χ2n) is 6.58. The highest BCUT2D eigenvalue weighted by Gasteiger charge is 2.36. The number of hydrogen-bond donors (Lipinski definition) is 1. The van der Waals surface area contributed by atoms with E-state index in [1.165, 1.54) is 16.9 Å². The largest absolute Gasteiger partial charge is 0.481 e. The third-order valence-electron chi connectivity index (χ3n) is 4.62. The molecule has 2 aromatic rings. The van der Waals surface area contributed by atoms with Gasteiger partial charge in [-0.25, -0.2) is 4.98 Å². The van der Waals surface area contributed by atoms with Crippen molar-refractivity contribution in [2.24, 2.45) is 0 Å². The quantitative estimate of drug-likeness (QED) is 0.841. The zero-order valence-electron chi connectivity index (χ0n) is 14.8. The number of thiazole rings is 1. The third-order valence-corrected chi connectivity index (χ3v) is 5.56. The molecule has 7 heteroatoms. The van der Waals surface area contributed by atoms with Gasteiger partial charge in [0.2, 0.25) is 5.91 Å². The molecule has 1 aromatic carbocycles. The summed E-state index contributed by atoms with van der Waals surface area (Å²) in [7, 11) is 1.59. The molecule has 26 heavy (non-hydrogen) atoms. The summed E-state index contributed by atoms with van der Waals surface area (Å²) in [5.41, 5.74) is 2.93. The van der Waals surface area contributed by atoms with Crippen LogP contribution in [0.2, 0.25) is 0 Å². The van der Waals surface area contributed by atoms with E-state index in [1.54, 1.807) is 12.0 Å². The molecule has 0 spiro atoms. The van der Waals surface area contributed by atoms with Gasteiger partial charge in [-0.15, -0.1) is 11.3 Å². The number of likely N-dealkylation sites (tertiary alicyclic amines) is 1. The van der Waals surface area contributed by atoms with Crippen LogP contribution in [0.4, 0.5) is 0 Å². The number of amides is 1. The number of carbonyl (C=O) groups is 2. The third kappa shape index (κ3) is 4.28. The van der Waals surface area contributed by atoms with Gasteiger partial charge in [-0.3, -0.25) is 9.59 Å². The van der Waals surface area contributed by atoms with Crippen LogP contribution in [0.5, 0.6) is 0 Å². The van der Waals surface area contributed by atoms with E-state index in [-0.39, 0.29) is 30.9 Å². The number of nitrogens with zero attached hydrogens (tertiary/aromatic N) is 2. The zero-order chi connectivity index (χ0) is 18.7. The highest BCUT2D eigenvalue weighted by atomic mass is 32.1. The van der Waals surface area contributed by atoms with Crippen LogP contribution in [-0.2, 0) is 20.7 Å². The standard InChI is InChI=1S/C19H22N2O4S/c1-12-3-5-13(6-4-12)19-20-14(11-26-19)7-17(22)21-10-16(25-2)8-15(21)9-18(23)24/h3-6,11,15-16H,7-10H2,1-2H3,(H,23,24). The molecular weight excluding hydrogens is 352 g/mol. The molecule has 1 N–H and O–H groups in total. The average molecular weight is 374 g/mol. The first kappa shape index (κ1) is 18.5. The van der Waals surface area contributed by atoms with Crippen molar-refractivity contribution >= 4 is 23.2 Å². The van der Waals surface area contributed by atoms with Gasteiger partial charge in [-0.2, -0.15) is 0 Å². The summed E-state index contributed by atoms with van der Waals surface area (Å²) in [6, 6.07) is 7.79. The molecule has 0 aliphatic carbocycles. The SMILES string of the molecule is COC1CC(CC(=O)O)N(C(=O)Cc2csc(-c3ccc(C)cc3)n2)C1. The van der Waals surface area contributed by atoms with Gasteiger partial charge in [0.05, 0.1) is 24.6 Å². The smallest absolute Gasteiger partial charge is 0.305 e. The minimum atomic E-state index is -0.903. The Kier molecular flexibility index (Phi) is 5.68. The highest BCUT2D eigenvalue weighted by molar-refractivity contribution is 7.13. The first-order chi connectivity index (χ1) is 12.5. The summed E-state index contributed by atoms with van der Waals surface area (Å²) in [6.07, 6.45) is 0.564. The van der Waals surface area contributed by atoms with Crippen LogP contribution in [0.3, 0.4) is 0 Å². The summed E-state index contributed by atoms with van der Waals surface area (Å²) >= 11 is 1.51.